The predicted octanol–water partition coefficient (Wildman–Crippen LogP) is 4.35. The van der Waals surface area contributed by atoms with Crippen LogP contribution in [0, 0.1) is 20.8 Å². The summed E-state index contributed by atoms with van der Waals surface area (Å²) in [4.78, 5) is 42.0. The van der Waals surface area contributed by atoms with Gasteiger partial charge in [-0.25, -0.2) is 4.98 Å². The molecule has 4 aromatic rings. The van der Waals surface area contributed by atoms with Gasteiger partial charge in [0.1, 0.15) is 5.82 Å². The molecule has 0 saturated carbocycles. The number of piperazine rings is 1. The Bertz CT molecular complexity index is 1570. The van der Waals surface area contributed by atoms with Crippen molar-refractivity contribution in [3.63, 3.8) is 0 Å². The van der Waals surface area contributed by atoms with Gasteiger partial charge in [-0.2, -0.15) is 0 Å². The molecule has 1 aliphatic rings. The summed E-state index contributed by atoms with van der Waals surface area (Å²) in [5.41, 5.74) is 6.11. The number of rotatable bonds is 6. The van der Waals surface area contributed by atoms with Gasteiger partial charge < -0.3 is 25.1 Å². The van der Waals surface area contributed by atoms with Crippen LogP contribution >= 0.6 is 0 Å². The first kappa shape index (κ1) is 26.7. The molecule has 204 valence electrons. The van der Waals surface area contributed by atoms with E-state index in [1.165, 1.54) is 0 Å². The standard InChI is InChI=1S/C31H38N6O2/c1-19-13-21(3)34-29(38)25(19)16-31(4,5)35-30(39)24-14-23(15-26-28(24)20(2)17-32-26)22-7-8-27(33-18-22)37-11-9-36(6)10-12-37/h7-8,13-15,17-18,32H,9-12,16H2,1-6H3,(H,34,38)(H,35,39). The Kier molecular flexibility index (Phi) is 7.07. The van der Waals surface area contributed by atoms with Gasteiger partial charge in [0.05, 0.1) is 0 Å². The van der Waals surface area contributed by atoms with Crippen LogP contribution in [0.25, 0.3) is 22.0 Å². The van der Waals surface area contributed by atoms with E-state index in [1.54, 1.807) is 0 Å². The molecule has 3 N–H and O–H groups in total. The van der Waals surface area contributed by atoms with Crippen LogP contribution < -0.4 is 15.8 Å². The minimum Gasteiger partial charge on any atom is -0.361 e. The molecular weight excluding hydrogens is 488 g/mol. The normalized spacial score (nSPS) is 14.7. The molecule has 1 aliphatic heterocycles. The molecule has 1 saturated heterocycles. The zero-order valence-electron chi connectivity index (χ0n) is 23.7. The maximum atomic E-state index is 13.8. The van der Waals surface area contributed by atoms with Gasteiger partial charge in [-0.1, -0.05) is 0 Å². The van der Waals surface area contributed by atoms with Crippen LogP contribution in [-0.2, 0) is 6.42 Å². The zero-order valence-corrected chi connectivity index (χ0v) is 23.7. The molecule has 39 heavy (non-hydrogen) atoms. The minimum atomic E-state index is -0.637. The van der Waals surface area contributed by atoms with Gasteiger partial charge in [-0.05, 0) is 88.7 Å². The van der Waals surface area contributed by atoms with E-state index in [2.05, 4.69) is 50.3 Å². The summed E-state index contributed by atoms with van der Waals surface area (Å²) in [6.45, 7) is 13.7. The van der Waals surface area contributed by atoms with Crippen LogP contribution in [0.4, 0.5) is 5.82 Å². The van der Waals surface area contributed by atoms with Crippen LogP contribution in [0.5, 0.6) is 0 Å². The Morgan fingerprint density at radius 2 is 1.77 bits per heavy atom. The fourth-order valence-corrected chi connectivity index (χ4v) is 5.53. The van der Waals surface area contributed by atoms with Gasteiger partial charge in [-0.15, -0.1) is 0 Å². The van der Waals surface area contributed by atoms with E-state index >= 15 is 0 Å². The Morgan fingerprint density at radius 3 is 2.44 bits per heavy atom. The third-order valence-electron chi connectivity index (χ3n) is 7.69. The van der Waals surface area contributed by atoms with E-state index in [4.69, 9.17) is 4.98 Å². The topological polar surface area (TPSA) is 97.1 Å². The first-order valence-electron chi connectivity index (χ1n) is 13.5. The molecule has 0 aliphatic carbocycles. The van der Waals surface area contributed by atoms with Crippen molar-refractivity contribution in [3.05, 3.63) is 81.0 Å². The molecule has 0 bridgehead atoms. The van der Waals surface area contributed by atoms with E-state index < -0.39 is 5.54 Å². The Hall–Kier alpha value is -3.91. The first-order valence-corrected chi connectivity index (χ1v) is 13.5. The van der Waals surface area contributed by atoms with Gasteiger partial charge in [-0.3, -0.25) is 9.59 Å². The van der Waals surface area contributed by atoms with Crippen molar-refractivity contribution in [2.75, 3.05) is 38.1 Å². The van der Waals surface area contributed by atoms with Crippen molar-refractivity contribution in [1.82, 2.24) is 25.2 Å². The summed E-state index contributed by atoms with van der Waals surface area (Å²) in [6, 6.07) is 10.1. The Morgan fingerprint density at radius 1 is 1.03 bits per heavy atom. The number of benzene rings is 1. The fourth-order valence-electron chi connectivity index (χ4n) is 5.53. The molecule has 3 aromatic heterocycles. The van der Waals surface area contributed by atoms with Crippen LogP contribution in [-0.4, -0.2) is 64.5 Å². The molecule has 0 unspecified atom stereocenters. The number of aromatic amines is 2. The zero-order chi connectivity index (χ0) is 27.9. The highest BCUT2D eigenvalue weighted by molar-refractivity contribution is 6.09. The Balaban J connectivity index is 1.43. The molecule has 4 heterocycles. The fraction of sp³-hybridized carbons (Fsp3) is 0.387. The summed E-state index contributed by atoms with van der Waals surface area (Å²) >= 11 is 0. The summed E-state index contributed by atoms with van der Waals surface area (Å²) in [5.74, 6) is 0.808. The SMILES string of the molecule is Cc1cc(C)c(CC(C)(C)NC(=O)c2cc(-c3ccc(N4CCN(C)CC4)nc3)cc3[nH]cc(C)c23)c(=O)[nH]1. The molecule has 0 radical (unpaired) electrons. The minimum absolute atomic E-state index is 0.104. The lowest BCUT2D eigenvalue weighted by Gasteiger charge is -2.33. The van der Waals surface area contributed by atoms with Crippen molar-refractivity contribution >= 4 is 22.6 Å². The molecule has 0 atom stereocenters. The maximum Gasteiger partial charge on any atom is 0.252 e. The highest BCUT2D eigenvalue weighted by atomic mass is 16.2. The lowest BCUT2D eigenvalue weighted by Crippen LogP contribution is -2.46. The predicted molar refractivity (Wildman–Crippen MR) is 158 cm³/mol. The molecule has 8 heteroatoms. The van der Waals surface area contributed by atoms with Crippen LogP contribution in [0.2, 0.25) is 0 Å². The quantitative estimate of drug-likeness (QED) is 0.347. The smallest absolute Gasteiger partial charge is 0.252 e. The Labute approximate surface area is 229 Å². The number of nitrogens with one attached hydrogen (secondary N) is 3. The number of anilines is 1. The molecule has 0 spiro atoms. The van der Waals surface area contributed by atoms with Crippen LogP contribution in [0.1, 0.15) is 46.6 Å². The second-order valence-electron chi connectivity index (χ2n) is 11.6. The first-order chi connectivity index (χ1) is 18.5. The largest absolute Gasteiger partial charge is 0.361 e. The average Bonchev–Trinajstić information content (AvgIpc) is 3.26. The van der Waals surface area contributed by atoms with Crippen molar-refractivity contribution in [1.29, 1.82) is 0 Å². The third kappa shape index (κ3) is 5.61. The number of H-pyrrole nitrogens is 2. The van der Waals surface area contributed by atoms with E-state index in [1.807, 2.05) is 59.1 Å². The van der Waals surface area contributed by atoms with E-state index in [0.717, 1.165) is 70.8 Å². The number of nitrogens with zero attached hydrogens (tertiary/aromatic N) is 3. The number of aromatic nitrogens is 3. The number of likely N-dealkylation sites (N-methyl/N-ethyl adjacent to an activating group) is 1. The molecule has 8 nitrogen and oxygen atoms in total. The summed E-state index contributed by atoms with van der Waals surface area (Å²) in [7, 11) is 2.14. The number of amides is 1. The number of hydrogen-bond acceptors (Lipinski definition) is 5. The second kappa shape index (κ2) is 10.3. The molecule has 1 amide bonds. The van der Waals surface area contributed by atoms with Crippen LogP contribution in [0.15, 0.2) is 47.5 Å². The lowest BCUT2D eigenvalue weighted by molar-refractivity contribution is 0.0914. The van der Waals surface area contributed by atoms with E-state index in [-0.39, 0.29) is 11.5 Å². The molecule has 1 fully saturated rings. The highest BCUT2D eigenvalue weighted by Crippen LogP contribution is 2.30. The van der Waals surface area contributed by atoms with Crippen molar-refractivity contribution in [3.8, 4) is 11.1 Å². The highest BCUT2D eigenvalue weighted by Gasteiger charge is 2.26. The third-order valence-corrected chi connectivity index (χ3v) is 7.69. The number of fused-ring (bicyclic) bond motifs is 1. The van der Waals surface area contributed by atoms with Gasteiger partial charge in [0, 0.05) is 83.8 Å². The lowest BCUT2D eigenvalue weighted by atomic mass is 9.92. The van der Waals surface area contributed by atoms with Gasteiger partial charge in [0.2, 0.25) is 0 Å². The van der Waals surface area contributed by atoms with Crippen molar-refractivity contribution in [2.45, 2.75) is 46.6 Å². The summed E-state index contributed by atoms with van der Waals surface area (Å²) in [6.07, 6.45) is 4.25. The van der Waals surface area contributed by atoms with Gasteiger partial charge >= 0.3 is 0 Å². The van der Waals surface area contributed by atoms with Gasteiger partial charge in [0.15, 0.2) is 0 Å². The summed E-state index contributed by atoms with van der Waals surface area (Å²) in [5, 5.41) is 4.10. The van der Waals surface area contributed by atoms with Crippen LogP contribution in [0.3, 0.4) is 0 Å². The molecule has 5 rings (SSSR count). The number of aryl methyl sites for hydroxylation is 3. The second-order valence-corrected chi connectivity index (χ2v) is 11.6. The number of hydrogen-bond donors (Lipinski definition) is 3. The van der Waals surface area contributed by atoms with Crippen molar-refractivity contribution in [2.24, 2.45) is 0 Å². The molecule has 1 aromatic carbocycles. The van der Waals surface area contributed by atoms with E-state index in [9.17, 15) is 9.59 Å². The van der Waals surface area contributed by atoms with Gasteiger partial charge in [0.25, 0.3) is 11.5 Å². The van der Waals surface area contributed by atoms with Crippen molar-refractivity contribution < 1.29 is 4.79 Å². The maximum absolute atomic E-state index is 13.8. The van der Waals surface area contributed by atoms with E-state index in [0.29, 0.717) is 17.5 Å². The summed E-state index contributed by atoms with van der Waals surface area (Å²) < 4.78 is 0. The number of carbonyl (C=O) groups is 1. The number of pyridine rings is 2. The molecular formula is C31H38N6O2. The number of carbonyl (C=O) groups excluding carboxylic acids is 1. The monoisotopic (exact) mass is 526 g/mol. The average molecular weight is 527 g/mol.